The van der Waals surface area contributed by atoms with E-state index in [-0.39, 0.29) is 21.4 Å². The molecule has 7 nitrogen and oxygen atoms in total. The van der Waals surface area contributed by atoms with Crippen molar-refractivity contribution in [2.75, 3.05) is 20.8 Å². The molecule has 170 valence electrons. The van der Waals surface area contributed by atoms with Crippen molar-refractivity contribution in [3.8, 4) is 11.5 Å². The maximum Gasteiger partial charge on any atom is 0.254 e. The molecule has 0 bridgehead atoms. The average Bonchev–Trinajstić information content (AvgIpc) is 2.69. The molecular formula is C22H29ClN2O5S. The van der Waals surface area contributed by atoms with Crippen molar-refractivity contribution in [2.45, 2.75) is 44.7 Å². The zero-order chi connectivity index (χ0) is 23.4. The Hall–Kier alpha value is -2.29. The molecule has 9 heteroatoms. The lowest BCUT2D eigenvalue weighted by Crippen LogP contribution is -2.40. The van der Waals surface area contributed by atoms with E-state index < -0.39 is 15.6 Å². The molecule has 0 saturated heterocycles. The van der Waals surface area contributed by atoms with Gasteiger partial charge < -0.3 is 14.4 Å². The molecular weight excluding hydrogens is 440 g/mol. The first kappa shape index (κ1) is 25.0. The largest absolute Gasteiger partial charge is 0.493 e. The maximum atomic E-state index is 13.1. The quantitative estimate of drug-likeness (QED) is 0.630. The van der Waals surface area contributed by atoms with Crippen LogP contribution in [0.2, 0.25) is 5.02 Å². The highest BCUT2D eigenvalue weighted by atomic mass is 35.5. The molecule has 2 aromatic rings. The Morgan fingerprint density at radius 2 is 1.71 bits per heavy atom. The summed E-state index contributed by atoms with van der Waals surface area (Å²) in [4.78, 5) is 14.6. The van der Waals surface area contributed by atoms with Crippen LogP contribution in [0, 0.1) is 0 Å². The fourth-order valence-electron chi connectivity index (χ4n) is 3.01. The summed E-state index contributed by atoms with van der Waals surface area (Å²) in [6, 6.07) is 9.70. The van der Waals surface area contributed by atoms with Crippen LogP contribution in [0.15, 0.2) is 41.3 Å². The first-order valence-electron chi connectivity index (χ1n) is 9.75. The van der Waals surface area contributed by atoms with Gasteiger partial charge >= 0.3 is 0 Å². The Morgan fingerprint density at radius 1 is 1.06 bits per heavy atom. The Kier molecular flexibility index (Phi) is 7.97. The van der Waals surface area contributed by atoms with E-state index in [9.17, 15) is 13.2 Å². The van der Waals surface area contributed by atoms with Crippen molar-refractivity contribution in [1.29, 1.82) is 0 Å². The van der Waals surface area contributed by atoms with Crippen molar-refractivity contribution in [1.82, 2.24) is 9.62 Å². The number of ether oxygens (including phenoxy) is 2. The van der Waals surface area contributed by atoms with Gasteiger partial charge in [-0.1, -0.05) is 17.7 Å². The molecule has 31 heavy (non-hydrogen) atoms. The van der Waals surface area contributed by atoms with Gasteiger partial charge in [0, 0.05) is 24.2 Å². The van der Waals surface area contributed by atoms with Gasteiger partial charge in [0.25, 0.3) is 5.91 Å². The Morgan fingerprint density at radius 3 is 2.26 bits per heavy atom. The van der Waals surface area contributed by atoms with E-state index in [1.165, 1.54) is 18.2 Å². The second-order valence-corrected chi connectivity index (χ2v) is 10.1. The van der Waals surface area contributed by atoms with Crippen LogP contribution in [0.4, 0.5) is 0 Å². The topological polar surface area (TPSA) is 84.9 Å². The monoisotopic (exact) mass is 468 g/mol. The summed E-state index contributed by atoms with van der Waals surface area (Å²) in [5.74, 6) is 0.859. The summed E-state index contributed by atoms with van der Waals surface area (Å²) in [6.07, 6.45) is 0. The van der Waals surface area contributed by atoms with Crippen molar-refractivity contribution in [2.24, 2.45) is 0 Å². The van der Waals surface area contributed by atoms with Gasteiger partial charge in [0.2, 0.25) is 10.0 Å². The molecule has 0 heterocycles. The predicted octanol–water partition coefficient (Wildman–Crippen LogP) is 4.10. The first-order valence-corrected chi connectivity index (χ1v) is 11.6. The smallest absolute Gasteiger partial charge is 0.254 e. The van der Waals surface area contributed by atoms with Gasteiger partial charge in [-0.2, -0.15) is 0 Å². The van der Waals surface area contributed by atoms with Gasteiger partial charge in [-0.15, -0.1) is 0 Å². The predicted molar refractivity (Wildman–Crippen MR) is 121 cm³/mol. The molecule has 0 unspecified atom stereocenters. The zero-order valence-electron chi connectivity index (χ0n) is 18.7. The number of hydrogen-bond acceptors (Lipinski definition) is 5. The van der Waals surface area contributed by atoms with E-state index in [4.69, 9.17) is 21.1 Å². The average molecular weight is 469 g/mol. The number of methoxy groups -OCH3 is 2. The lowest BCUT2D eigenvalue weighted by atomic mass is 10.1. The number of carbonyl (C=O) groups excluding carboxylic acids is 1. The van der Waals surface area contributed by atoms with E-state index in [0.717, 1.165) is 5.56 Å². The van der Waals surface area contributed by atoms with Crippen molar-refractivity contribution in [3.05, 3.63) is 52.5 Å². The van der Waals surface area contributed by atoms with Crippen LogP contribution in [-0.4, -0.2) is 45.5 Å². The van der Waals surface area contributed by atoms with Crippen LogP contribution >= 0.6 is 11.6 Å². The van der Waals surface area contributed by atoms with E-state index in [0.29, 0.717) is 24.6 Å². The third-order valence-electron chi connectivity index (χ3n) is 4.40. The summed E-state index contributed by atoms with van der Waals surface area (Å²) < 4.78 is 38.7. The first-order chi connectivity index (χ1) is 14.4. The number of rotatable bonds is 8. The Labute approximate surface area is 189 Å². The van der Waals surface area contributed by atoms with Gasteiger partial charge in [0.15, 0.2) is 11.5 Å². The van der Waals surface area contributed by atoms with Crippen LogP contribution in [0.25, 0.3) is 0 Å². The molecule has 0 aliphatic carbocycles. The minimum Gasteiger partial charge on any atom is -0.493 e. The molecule has 0 aromatic heterocycles. The van der Waals surface area contributed by atoms with Crippen molar-refractivity contribution < 1.29 is 22.7 Å². The molecule has 2 aromatic carbocycles. The van der Waals surface area contributed by atoms with E-state index in [2.05, 4.69) is 4.72 Å². The second kappa shape index (κ2) is 9.89. The minimum absolute atomic E-state index is 0.0521. The Bertz CT molecular complexity index is 1050. The number of hydrogen-bond donors (Lipinski definition) is 1. The van der Waals surface area contributed by atoms with Crippen LogP contribution in [0.5, 0.6) is 11.5 Å². The molecule has 0 aliphatic heterocycles. The van der Waals surface area contributed by atoms with Crippen LogP contribution in [0.3, 0.4) is 0 Å². The van der Waals surface area contributed by atoms with Gasteiger partial charge in [-0.25, -0.2) is 13.1 Å². The maximum absolute atomic E-state index is 13.1. The van der Waals surface area contributed by atoms with Crippen LogP contribution in [0.1, 0.15) is 43.6 Å². The molecule has 2 rings (SSSR count). The lowest BCUT2D eigenvalue weighted by Gasteiger charge is -2.23. The summed E-state index contributed by atoms with van der Waals surface area (Å²) in [6.45, 7) is 7.80. The van der Waals surface area contributed by atoms with Crippen LogP contribution < -0.4 is 14.2 Å². The number of carbonyl (C=O) groups is 1. The molecule has 1 N–H and O–H groups in total. The fourth-order valence-corrected chi connectivity index (χ4v) is 4.95. The number of nitrogens with zero attached hydrogens (tertiary/aromatic N) is 1. The molecule has 0 atom stereocenters. The molecule has 0 saturated carbocycles. The highest BCUT2D eigenvalue weighted by Crippen LogP contribution is 2.29. The number of halogens is 1. The van der Waals surface area contributed by atoms with Gasteiger partial charge in [-0.3, -0.25) is 4.79 Å². The van der Waals surface area contributed by atoms with E-state index in [1.54, 1.807) is 52.0 Å². The Balaban J connectivity index is 2.34. The molecule has 0 spiro atoms. The molecule has 0 aliphatic rings. The van der Waals surface area contributed by atoms with Crippen molar-refractivity contribution >= 4 is 27.5 Å². The fraction of sp³-hybridized carbons (Fsp3) is 0.409. The zero-order valence-corrected chi connectivity index (χ0v) is 20.2. The highest BCUT2D eigenvalue weighted by molar-refractivity contribution is 7.89. The summed E-state index contributed by atoms with van der Waals surface area (Å²) in [7, 11) is -0.793. The van der Waals surface area contributed by atoms with Gasteiger partial charge in [-0.05, 0) is 63.6 Å². The third kappa shape index (κ3) is 6.35. The number of benzene rings is 2. The minimum atomic E-state index is -3.90. The van der Waals surface area contributed by atoms with Crippen LogP contribution in [-0.2, 0) is 16.6 Å². The van der Waals surface area contributed by atoms with Crippen molar-refractivity contribution in [3.63, 3.8) is 0 Å². The van der Waals surface area contributed by atoms with E-state index >= 15 is 0 Å². The van der Waals surface area contributed by atoms with Gasteiger partial charge in [0.05, 0.1) is 19.2 Å². The molecule has 1 amide bonds. The second-order valence-electron chi connectivity index (χ2n) is 8.01. The number of nitrogens with one attached hydrogen (secondary N) is 1. The highest BCUT2D eigenvalue weighted by Gasteiger charge is 2.26. The number of amides is 1. The molecule has 0 fully saturated rings. The van der Waals surface area contributed by atoms with Gasteiger partial charge in [0.1, 0.15) is 4.90 Å². The molecule has 0 radical (unpaired) electrons. The summed E-state index contributed by atoms with van der Waals surface area (Å²) in [5.41, 5.74) is 0.399. The normalized spacial score (nSPS) is 11.8. The van der Waals surface area contributed by atoms with E-state index in [1.807, 2.05) is 13.0 Å². The third-order valence-corrected chi connectivity index (χ3v) is 6.64. The lowest BCUT2D eigenvalue weighted by molar-refractivity contribution is 0.0752. The number of sulfonamides is 1. The summed E-state index contributed by atoms with van der Waals surface area (Å²) >= 11 is 6.15. The summed E-state index contributed by atoms with van der Waals surface area (Å²) in [5, 5.41) is 0.0521. The SMILES string of the molecule is CCN(Cc1ccc(OC)c(OC)c1)C(=O)c1ccc(Cl)c(S(=O)(=O)NC(C)(C)C)c1. The standard InChI is InChI=1S/C22H29ClN2O5S/c1-7-25(14-15-8-11-18(29-5)19(12-15)30-6)21(26)16-9-10-17(23)20(13-16)31(27,28)24-22(2,3)4/h8-13,24H,7,14H2,1-6H3.